The normalized spacial score (nSPS) is 17.4. The highest BCUT2D eigenvalue weighted by Gasteiger charge is 2.14. The van der Waals surface area contributed by atoms with Gasteiger partial charge in [-0.25, -0.2) is 0 Å². The number of aliphatic carboxylic acids is 1. The van der Waals surface area contributed by atoms with Crippen molar-refractivity contribution in [1.82, 2.24) is 0 Å². The van der Waals surface area contributed by atoms with Crippen molar-refractivity contribution in [3.05, 3.63) is 0 Å². The Morgan fingerprint density at radius 3 is 2.00 bits per heavy atom. The first-order valence-corrected chi connectivity index (χ1v) is 2.54. The van der Waals surface area contributed by atoms with Gasteiger partial charge in [0, 0.05) is 0 Å². The molecule has 0 spiro atoms. The summed E-state index contributed by atoms with van der Waals surface area (Å²) in [5, 5.41) is 8.23. The van der Waals surface area contributed by atoms with E-state index in [9.17, 15) is 4.79 Å². The lowest BCUT2D eigenvalue weighted by Gasteiger charge is -2.07. The van der Waals surface area contributed by atoms with Crippen LogP contribution in [0.3, 0.4) is 0 Å². The van der Waals surface area contributed by atoms with Crippen LogP contribution in [-0.2, 0) is 4.79 Å². The largest absolute Gasteiger partial charge is 0.480 e. The van der Waals surface area contributed by atoms with E-state index < -0.39 is 12.0 Å². The number of carboxylic acids is 1. The van der Waals surface area contributed by atoms with Crippen molar-refractivity contribution in [1.29, 1.82) is 0 Å². The second kappa shape index (κ2) is 2.67. The highest BCUT2D eigenvalue weighted by molar-refractivity contribution is 5.73. The van der Waals surface area contributed by atoms with Crippen LogP contribution in [0.25, 0.3) is 0 Å². The summed E-state index contributed by atoms with van der Waals surface area (Å²) < 4.78 is 0. The predicted octanol–water partition coefficient (Wildman–Crippen LogP) is 0.0543. The zero-order valence-electron chi connectivity index (χ0n) is 5.09. The molecule has 2 atom stereocenters. The number of hydrogen-bond donors (Lipinski definition) is 2. The average Bonchev–Trinajstić information content (AvgIpc) is 1.64. The molecule has 0 fully saturated rings. The van der Waals surface area contributed by atoms with Crippen molar-refractivity contribution in [2.24, 2.45) is 11.7 Å². The monoisotopic (exact) mass is 120 g/mol. The maximum Gasteiger partial charge on any atom is 0.320 e. The summed E-state index contributed by atoms with van der Waals surface area (Å²) in [6.45, 7) is 3.55. The van der Waals surface area contributed by atoms with Gasteiger partial charge in [0.2, 0.25) is 0 Å². The second-order valence-corrected chi connectivity index (χ2v) is 2.11. The molecule has 0 aromatic heterocycles. The molecule has 3 N–H and O–H groups in total. The summed E-state index contributed by atoms with van der Waals surface area (Å²) in [6.07, 6.45) is 0. The molecule has 0 bridgehead atoms. The molecule has 0 heterocycles. The molecule has 0 saturated heterocycles. The topological polar surface area (TPSA) is 63.3 Å². The van der Waals surface area contributed by atoms with Crippen LogP contribution in [0.15, 0.2) is 0 Å². The molecule has 3 heteroatoms. The molecule has 48 valence electrons. The second-order valence-electron chi connectivity index (χ2n) is 2.11. The van der Waals surface area contributed by atoms with Crippen molar-refractivity contribution in [2.75, 3.05) is 0 Å². The summed E-state index contributed by atoms with van der Waals surface area (Å²) in [4.78, 5) is 10.0. The minimum absolute atomic E-state index is 0.0208. The first-order valence-electron chi connectivity index (χ1n) is 2.54. The van der Waals surface area contributed by atoms with E-state index in [-0.39, 0.29) is 5.92 Å². The van der Waals surface area contributed by atoms with Crippen LogP contribution in [0.5, 0.6) is 0 Å². The SMILES string of the molecule is C[13CH]([13CH3])[13C@H](N)C(=O)O. The summed E-state index contributed by atoms with van der Waals surface area (Å²) in [6, 6.07) is -0.713. The summed E-state index contributed by atoms with van der Waals surface area (Å²) >= 11 is 0. The van der Waals surface area contributed by atoms with Crippen LogP contribution in [-0.4, -0.2) is 17.1 Å². The molecule has 0 aliphatic heterocycles. The smallest absolute Gasteiger partial charge is 0.320 e. The minimum Gasteiger partial charge on any atom is -0.480 e. The molecule has 0 saturated carbocycles. The number of hydrogen-bond acceptors (Lipinski definition) is 2. The molecule has 0 aliphatic rings. The number of rotatable bonds is 2. The third kappa shape index (κ3) is 1.93. The van der Waals surface area contributed by atoms with Crippen molar-refractivity contribution < 1.29 is 9.90 Å². The van der Waals surface area contributed by atoms with Crippen LogP contribution in [0.4, 0.5) is 0 Å². The Hall–Kier alpha value is -0.570. The lowest BCUT2D eigenvalue weighted by molar-refractivity contribution is -0.139. The fourth-order valence-electron chi connectivity index (χ4n) is 0.285. The van der Waals surface area contributed by atoms with E-state index in [1.807, 2.05) is 0 Å². The molecule has 0 aliphatic carbocycles. The van der Waals surface area contributed by atoms with E-state index in [1.54, 1.807) is 13.8 Å². The highest BCUT2D eigenvalue weighted by Crippen LogP contribution is 1.96. The average molecular weight is 120 g/mol. The Bertz CT molecular complexity index is 90.4. The summed E-state index contributed by atoms with van der Waals surface area (Å²) in [7, 11) is 0. The molecule has 0 radical (unpaired) electrons. The van der Waals surface area contributed by atoms with Gasteiger partial charge in [-0.3, -0.25) is 4.79 Å². The summed E-state index contributed by atoms with van der Waals surface area (Å²) in [5.74, 6) is -0.910. The zero-order valence-corrected chi connectivity index (χ0v) is 5.09. The fourth-order valence-corrected chi connectivity index (χ4v) is 0.285. The Kier molecular flexibility index (Phi) is 2.48. The van der Waals surface area contributed by atoms with E-state index in [4.69, 9.17) is 10.8 Å². The summed E-state index contributed by atoms with van der Waals surface area (Å²) in [5.41, 5.74) is 5.16. The number of carboxylic acid groups (broad SMARTS) is 1. The highest BCUT2D eigenvalue weighted by atomic mass is 16.4. The maximum absolute atomic E-state index is 10.0. The molecule has 1 unspecified atom stereocenters. The Morgan fingerprint density at radius 2 is 2.00 bits per heavy atom. The van der Waals surface area contributed by atoms with Gasteiger partial charge in [0.15, 0.2) is 0 Å². The van der Waals surface area contributed by atoms with Gasteiger partial charge < -0.3 is 10.8 Å². The van der Waals surface area contributed by atoms with Gasteiger partial charge in [0.05, 0.1) is 0 Å². The zero-order chi connectivity index (χ0) is 6.73. The van der Waals surface area contributed by atoms with Gasteiger partial charge in [0.25, 0.3) is 0 Å². The van der Waals surface area contributed by atoms with E-state index in [0.29, 0.717) is 0 Å². The van der Waals surface area contributed by atoms with Crippen LogP contribution in [0.1, 0.15) is 13.8 Å². The van der Waals surface area contributed by atoms with E-state index in [0.717, 1.165) is 0 Å². The lowest BCUT2D eigenvalue weighted by atomic mass is 10.7. The van der Waals surface area contributed by atoms with Gasteiger partial charge in [-0.2, -0.15) is 0 Å². The standard InChI is InChI=1S/C5H11NO2/c1-3(2)4(6)5(7)8/h3-4H,6H2,1-2H3,(H,7,8)/t4-/m0/s1/i1+1,3+1,4+1/t3?,4-. The van der Waals surface area contributed by atoms with E-state index >= 15 is 0 Å². The third-order valence-corrected chi connectivity index (χ3v) is 1.00. The molecule has 0 aromatic rings. The first kappa shape index (κ1) is 7.43. The van der Waals surface area contributed by atoms with Crippen molar-refractivity contribution in [3.8, 4) is 0 Å². The minimum atomic E-state index is -0.931. The molecule has 0 aromatic carbocycles. The van der Waals surface area contributed by atoms with Crippen LogP contribution < -0.4 is 5.73 Å². The van der Waals surface area contributed by atoms with Crippen molar-refractivity contribution in [3.63, 3.8) is 0 Å². The molecule has 0 amide bonds. The van der Waals surface area contributed by atoms with Crippen LogP contribution in [0, 0.1) is 5.92 Å². The van der Waals surface area contributed by atoms with Gasteiger partial charge in [-0.05, 0) is 5.92 Å². The lowest BCUT2D eigenvalue weighted by Crippen LogP contribution is -2.34. The molecular weight excluding hydrogens is 109 g/mol. The number of nitrogens with two attached hydrogens (primary N) is 1. The Labute approximate surface area is 48.5 Å². The quantitative estimate of drug-likeness (QED) is 0.506. The molecular formula is C5H11NO2. The molecule has 3 nitrogen and oxygen atoms in total. The predicted molar refractivity (Wildman–Crippen MR) is 30.4 cm³/mol. The fraction of sp³-hybridized carbons (Fsp3) is 0.800. The molecule has 8 heavy (non-hydrogen) atoms. The van der Waals surface area contributed by atoms with Crippen molar-refractivity contribution in [2.45, 2.75) is 19.9 Å². The Morgan fingerprint density at radius 1 is 1.62 bits per heavy atom. The van der Waals surface area contributed by atoms with Crippen molar-refractivity contribution >= 4 is 5.97 Å². The van der Waals surface area contributed by atoms with E-state index in [1.165, 1.54) is 0 Å². The third-order valence-electron chi connectivity index (χ3n) is 1.00. The van der Waals surface area contributed by atoms with E-state index in [2.05, 4.69) is 0 Å². The number of carbonyl (C=O) groups is 1. The van der Waals surface area contributed by atoms with Gasteiger partial charge in [-0.1, -0.05) is 13.8 Å². The first-order chi connectivity index (χ1) is 3.55. The van der Waals surface area contributed by atoms with Gasteiger partial charge in [-0.15, -0.1) is 0 Å². The Balaban J connectivity index is 3.64. The molecule has 0 rings (SSSR count). The van der Waals surface area contributed by atoms with Crippen LogP contribution >= 0.6 is 0 Å². The van der Waals surface area contributed by atoms with Crippen LogP contribution in [0.2, 0.25) is 0 Å². The van der Waals surface area contributed by atoms with Gasteiger partial charge in [0.1, 0.15) is 6.04 Å². The maximum atomic E-state index is 10.0. The van der Waals surface area contributed by atoms with Gasteiger partial charge >= 0.3 is 5.97 Å².